The molecule has 1 unspecified atom stereocenters. The second-order valence-corrected chi connectivity index (χ2v) is 7.11. The molecule has 2 heterocycles. The van der Waals surface area contributed by atoms with Crippen LogP contribution in [-0.4, -0.2) is 11.0 Å². The number of benzene rings is 1. The van der Waals surface area contributed by atoms with Crippen molar-refractivity contribution in [3.05, 3.63) is 50.7 Å². The summed E-state index contributed by atoms with van der Waals surface area (Å²) in [6.07, 6.45) is -0.638. The first-order chi connectivity index (χ1) is 9.84. The first-order valence-electron chi connectivity index (χ1n) is 7.01. The predicted octanol–water partition coefficient (Wildman–Crippen LogP) is 3.68. The summed E-state index contributed by atoms with van der Waals surface area (Å²) in [5.74, 6) is 0.0164. The Kier molecular flexibility index (Phi) is 3.19. The molecule has 0 radical (unpaired) electrons. The van der Waals surface area contributed by atoms with Gasteiger partial charge in [-0.1, -0.05) is 6.07 Å². The van der Waals surface area contributed by atoms with Crippen LogP contribution >= 0.6 is 11.3 Å². The minimum absolute atomic E-state index is 0.0164. The Hall–Kier alpha value is -1.65. The van der Waals surface area contributed by atoms with Crippen molar-refractivity contribution in [2.45, 2.75) is 39.2 Å². The van der Waals surface area contributed by atoms with E-state index in [1.54, 1.807) is 11.3 Å². The van der Waals surface area contributed by atoms with E-state index in [0.717, 1.165) is 32.8 Å². The third-order valence-corrected chi connectivity index (χ3v) is 5.45. The molecule has 2 aromatic rings. The topological polar surface area (TPSA) is 49.3 Å². The van der Waals surface area contributed by atoms with Gasteiger partial charge < -0.3 is 10.4 Å². The van der Waals surface area contributed by atoms with Crippen LogP contribution in [0.2, 0.25) is 0 Å². The molecule has 1 aromatic heterocycles. The molecule has 0 saturated heterocycles. The van der Waals surface area contributed by atoms with Gasteiger partial charge in [0.2, 0.25) is 5.91 Å². The van der Waals surface area contributed by atoms with Gasteiger partial charge in [-0.05, 0) is 67.5 Å². The summed E-state index contributed by atoms with van der Waals surface area (Å²) in [6.45, 7) is 7.84. The molecule has 1 aliphatic rings. The number of hydrogen-bond acceptors (Lipinski definition) is 3. The van der Waals surface area contributed by atoms with Crippen LogP contribution in [0.1, 0.15) is 47.1 Å². The number of aliphatic hydroxyl groups excluding tert-OH is 1. The quantitative estimate of drug-likeness (QED) is 0.889. The summed E-state index contributed by atoms with van der Waals surface area (Å²) in [5, 5.41) is 15.6. The van der Waals surface area contributed by atoms with E-state index in [-0.39, 0.29) is 5.91 Å². The van der Waals surface area contributed by atoms with Crippen LogP contribution in [0.15, 0.2) is 23.6 Å². The van der Waals surface area contributed by atoms with Crippen molar-refractivity contribution in [1.29, 1.82) is 0 Å². The van der Waals surface area contributed by atoms with Gasteiger partial charge in [0.15, 0.2) is 0 Å². The van der Waals surface area contributed by atoms with E-state index in [2.05, 4.69) is 5.32 Å². The van der Waals surface area contributed by atoms with Crippen LogP contribution in [0.5, 0.6) is 0 Å². The molecule has 0 fully saturated rings. The third-order valence-electron chi connectivity index (χ3n) is 4.53. The van der Waals surface area contributed by atoms with Gasteiger partial charge >= 0.3 is 0 Å². The molecule has 0 aliphatic carbocycles. The summed E-state index contributed by atoms with van der Waals surface area (Å²) in [5.41, 5.74) is 4.28. The zero-order chi connectivity index (χ0) is 15.4. The first-order valence-corrected chi connectivity index (χ1v) is 7.89. The molecule has 2 N–H and O–H groups in total. The van der Waals surface area contributed by atoms with Gasteiger partial charge in [0.05, 0.1) is 5.41 Å². The van der Waals surface area contributed by atoms with E-state index >= 15 is 0 Å². The number of rotatable bonds is 2. The van der Waals surface area contributed by atoms with Gasteiger partial charge in [-0.25, -0.2) is 0 Å². The van der Waals surface area contributed by atoms with Crippen LogP contribution < -0.4 is 5.32 Å². The Balaban J connectivity index is 2.19. The summed E-state index contributed by atoms with van der Waals surface area (Å²) in [7, 11) is 0. The number of fused-ring (bicyclic) bond motifs is 1. The number of nitrogens with one attached hydrogen (secondary N) is 1. The molecule has 1 aromatic carbocycles. The number of carbonyl (C=O) groups excluding carboxylic acids is 1. The zero-order valence-electron chi connectivity index (χ0n) is 12.7. The lowest BCUT2D eigenvalue weighted by molar-refractivity contribution is -0.119. The van der Waals surface area contributed by atoms with E-state index in [1.807, 2.05) is 51.3 Å². The van der Waals surface area contributed by atoms with Crippen molar-refractivity contribution < 1.29 is 9.90 Å². The van der Waals surface area contributed by atoms with Gasteiger partial charge in [-0.15, -0.1) is 11.3 Å². The molecule has 0 saturated carbocycles. The number of anilines is 1. The lowest BCUT2D eigenvalue weighted by Crippen LogP contribution is -2.27. The lowest BCUT2D eigenvalue weighted by Gasteiger charge is -2.21. The Morgan fingerprint density at radius 2 is 2.00 bits per heavy atom. The molecule has 110 valence electrons. The number of thiophene rings is 1. The van der Waals surface area contributed by atoms with Crippen molar-refractivity contribution in [2.75, 3.05) is 5.32 Å². The van der Waals surface area contributed by atoms with Crippen molar-refractivity contribution in [1.82, 2.24) is 0 Å². The Morgan fingerprint density at radius 3 is 2.62 bits per heavy atom. The molecular weight excluding hydrogens is 282 g/mol. The normalized spacial score (nSPS) is 17.5. The Bertz CT molecular complexity index is 717. The molecule has 0 spiro atoms. The van der Waals surface area contributed by atoms with E-state index in [0.29, 0.717) is 0 Å². The minimum atomic E-state index is -0.638. The molecule has 1 aliphatic heterocycles. The monoisotopic (exact) mass is 301 g/mol. The van der Waals surface area contributed by atoms with Crippen LogP contribution in [0.3, 0.4) is 0 Å². The first kappa shape index (κ1) is 14.3. The highest BCUT2D eigenvalue weighted by atomic mass is 32.1. The molecule has 3 rings (SSSR count). The van der Waals surface area contributed by atoms with Crippen molar-refractivity contribution in [2.24, 2.45) is 0 Å². The number of amides is 1. The minimum Gasteiger partial charge on any atom is -0.383 e. The SMILES string of the molecule is Cc1c(C(O)c2cccs2)cc2c(c1C)NC(=O)C2(C)C. The van der Waals surface area contributed by atoms with Crippen LogP contribution in [0, 0.1) is 13.8 Å². The number of aliphatic hydroxyl groups is 1. The maximum absolute atomic E-state index is 12.2. The fraction of sp³-hybridized carbons (Fsp3) is 0.353. The smallest absolute Gasteiger partial charge is 0.234 e. The fourth-order valence-corrected chi connectivity index (χ4v) is 3.60. The second kappa shape index (κ2) is 4.68. The molecular formula is C17H19NO2S. The largest absolute Gasteiger partial charge is 0.383 e. The highest BCUT2D eigenvalue weighted by Crippen LogP contribution is 2.43. The second-order valence-electron chi connectivity index (χ2n) is 6.14. The molecule has 0 bridgehead atoms. The van der Waals surface area contributed by atoms with E-state index in [4.69, 9.17) is 0 Å². The summed E-state index contributed by atoms with van der Waals surface area (Å²) in [6, 6.07) is 5.86. The van der Waals surface area contributed by atoms with Crippen molar-refractivity contribution in [3.63, 3.8) is 0 Å². The number of hydrogen-bond donors (Lipinski definition) is 2. The van der Waals surface area contributed by atoms with Gasteiger partial charge in [-0.3, -0.25) is 4.79 Å². The maximum atomic E-state index is 12.2. The third kappa shape index (κ3) is 2.01. The maximum Gasteiger partial charge on any atom is 0.234 e. The summed E-state index contributed by atoms with van der Waals surface area (Å²) >= 11 is 1.54. The standard InChI is InChI=1S/C17H19NO2S/c1-9-10(2)14-12(17(3,4)16(20)18-14)8-11(9)15(19)13-6-5-7-21-13/h5-8,15,19H,1-4H3,(H,18,20). The average Bonchev–Trinajstić information content (AvgIpc) is 3.03. The van der Waals surface area contributed by atoms with Crippen molar-refractivity contribution in [3.8, 4) is 0 Å². The van der Waals surface area contributed by atoms with Crippen LogP contribution in [-0.2, 0) is 10.2 Å². The fourth-order valence-electron chi connectivity index (χ4n) is 2.87. The molecule has 1 atom stereocenters. The molecule has 21 heavy (non-hydrogen) atoms. The summed E-state index contributed by atoms with van der Waals surface area (Å²) < 4.78 is 0. The molecule has 1 amide bonds. The van der Waals surface area contributed by atoms with Crippen LogP contribution in [0.25, 0.3) is 0 Å². The van der Waals surface area contributed by atoms with E-state index in [9.17, 15) is 9.90 Å². The van der Waals surface area contributed by atoms with E-state index < -0.39 is 11.5 Å². The zero-order valence-corrected chi connectivity index (χ0v) is 13.5. The summed E-state index contributed by atoms with van der Waals surface area (Å²) in [4.78, 5) is 13.1. The average molecular weight is 301 g/mol. The van der Waals surface area contributed by atoms with Crippen molar-refractivity contribution >= 4 is 22.9 Å². The van der Waals surface area contributed by atoms with Gasteiger partial charge in [-0.2, -0.15) is 0 Å². The molecule has 4 heteroatoms. The van der Waals surface area contributed by atoms with Gasteiger partial charge in [0, 0.05) is 10.6 Å². The van der Waals surface area contributed by atoms with E-state index in [1.165, 1.54) is 0 Å². The Morgan fingerprint density at radius 1 is 1.29 bits per heavy atom. The van der Waals surface area contributed by atoms with Crippen LogP contribution in [0.4, 0.5) is 5.69 Å². The number of carbonyl (C=O) groups is 1. The molecule has 3 nitrogen and oxygen atoms in total. The predicted molar refractivity (Wildman–Crippen MR) is 86.0 cm³/mol. The highest BCUT2D eigenvalue weighted by molar-refractivity contribution is 7.10. The Labute approximate surface area is 128 Å². The van der Waals surface area contributed by atoms with Gasteiger partial charge in [0.25, 0.3) is 0 Å². The van der Waals surface area contributed by atoms with Gasteiger partial charge in [0.1, 0.15) is 6.10 Å². The lowest BCUT2D eigenvalue weighted by atomic mass is 9.82. The highest BCUT2D eigenvalue weighted by Gasteiger charge is 2.40.